The van der Waals surface area contributed by atoms with Crippen LogP contribution in [0.25, 0.3) is 0 Å². The molecule has 1 unspecified atom stereocenters. The first kappa shape index (κ1) is 18.1. The van der Waals surface area contributed by atoms with E-state index in [0.29, 0.717) is 31.0 Å². The quantitative estimate of drug-likeness (QED) is 0.765. The lowest BCUT2D eigenvalue weighted by Crippen LogP contribution is -2.39. The molecule has 0 spiro atoms. The fourth-order valence-corrected chi connectivity index (χ4v) is 4.33. The van der Waals surface area contributed by atoms with E-state index < -0.39 is 10.8 Å². The zero-order valence-electron chi connectivity index (χ0n) is 13.8. The van der Waals surface area contributed by atoms with Crippen molar-refractivity contribution >= 4 is 16.7 Å². The Balaban J connectivity index is 1.69. The predicted molar refractivity (Wildman–Crippen MR) is 95.4 cm³/mol. The summed E-state index contributed by atoms with van der Waals surface area (Å²) >= 11 is 0. The molecule has 128 valence electrons. The van der Waals surface area contributed by atoms with Crippen LogP contribution in [-0.2, 0) is 21.3 Å². The van der Waals surface area contributed by atoms with E-state index in [1.54, 1.807) is 0 Å². The summed E-state index contributed by atoms with van der Waals surface area (Å²) in [5, 5.41) is 2.92. The highest BCUT2D eigenvalue weighted by Gasteiger charge is 2.32. The first-order valence-corrected chi connectivity index (χ1v) is 9.98. The van der Waals surface area contributed by atoms with Gasteiger partial charge in [-0.25, -0.2) is 0 Å². The Morgan fingerprint density at radius 1 is 1.17 bits per heavy atom. The lowest BCUT2D eigenvalue weighted by atomic mass is 9.72. The van der Waals surface area contributed by atoms with Crippen LogP contribution in [0.2, 0.25) is 0 Å². The maximum absolute atomic E-state index is 12.1. The molecular weight excluding hydrogens is 308 g/mol. The molecule has 3 N–H and O–H groups in total. The summed E-state index contributed by atoms with van der Waals surface area (Å²) in [4.78, 5) is 12.1. The van der Waals surface area contributed by atoms with Crippen molar-refractivity contribution in [2.24, 2.45) is 11.1 Å². The second kappa shape index (κ2) is 9.18. The Labute approximate surface area is 141 Å². The molecule has 1 atom stereocenters. The van der Waals surface area contributed by atoms with Gasteiger partial charge in [0.1, 0.15) is 0 Å². The lowest BCUT2D eigenvalue weighted by molar-refractivity contribution is -0.123. The van der Waals surface area contributed by atoms with Crippen molar-refractivity contribution in [2.75, 3.05) is 18.8 Å². The third-order valence-corrected chi connectivity index (χ3v) is 6.02. The topological polar surface area (TPSA) is 72.2 Å². The SMILES string of the molecule is NCC1(CC(=O)NCCS(=O)Cc2ccccc2)CCCCC1. The molecule has 0 bridgehead atoms. The van der Waals surface area contributed by atoms with E-state index in [-0.39, 0.29) is 11.3 Å². The molecule has 0 aliphatic heterocycles. The van der Waals surface area contributed by atoms with Gasteiger partial charge in [0.15, 0.2) is 0 Å². The van der Waals surface area contributed by atoms with Crippen LogP contribution >= 0.6 is 0 Å². The average Bonchev–Trinajstić information content (AvgIpc) is 2.56. The van der Waals surface area contributed by atoms with Crippen LogP contribution in [0, 0.1) is 5.41 Å². The van der Waals surface area contributed by atoms with Crippen molar-refractivity contribution in [1.29, 1.82) is 0 Å². The zero-order valence-corrected chi connectivity index (χ0v) is 14.6. The predicted octanol–water partition coefficient (Wildman–Crippen LogP) is 2.35. The standard InChI is InChI=1S/C18H28N2O2S/c19-15-18(9-5-2-6-10-18)13-17(21)20-11-12-23(22)14-16-7-3-1-4-8-16/h1,3-4,7-8H,2,5-6,9-15,19H2,(H,20,21). The molecule has 1 aromatic carbocycles. The maximum atomic E-state index is 12.1. The largest absolute Gasteiger partial charge is 0.355 e. The highest BCUT2D eigenvalue weighted by Crippen LogP contribution is 2.38. The molecule has 4 nitrogen and oxygen atoms in total. The van der Waals surface area contributed by atoms with Crippen molar-refractivity contribution in [3.63, 3.8) is 0 Å². The highest BCUT2D eigenvalue weighted by atomic mass is 32.2. The second-order valence-corrected chi connectivity index (χ2v) is 8.14. The van der Waals surface area contributed by atoms with Crippen molar-refractivity contribution in [1.82, 2.24) is 5.32 Å². The first-order valence-electron chi connectivity index (χ1n) is 8.49. The average molecular weight is 337 g/mol. The van der Waals surface area contributed by atoms with Crippen LogP contribution in [0.4, 0.5) is 0 Å². The van der Waals surface area contributed by atoms with E-state index in [0.717, 1.165) is 18.4 Å². The van der Waals surface area contributed by atoms with Gasteiger partial charge < -0.3 is 11.1 Å². The van der Waals surface area contributed by atoms with Crippen LogP contribution in [0.3, 0.4) is 0 Å². The molecule has 0 radical (unpaired) electrons. The molecule has 23 heavy (non-hydrogen) atoms. The smallest absolute Gasteiger partial charge is 0.220 e. The summed E-state index contributed by atoms with van der Waals surface area (Å²) in [5.74, 6) is 1.09. The third kappa shape index (κ3) is 6.07. The van der Waals surface area contributed by atoms with Crippen molar-refractivity contribution in [3.05, 3.63) is 35.9 Å². The van der Waals surface area contributed by atoms with Gasteiger partial charge in [-0.3, -0.25) is 9.00 Å². The van der Waals surface area contributed by atoms with E-state index in [4.69, 9.17) is 5.73 Å². The van der Waals surface area contributed by atoms with Gasteiger partial charge in [0.25, 0.3) is 0 Å². The summed E-state index contributed by atoms with van der Waals surface area (Å²) in [5.41, 5.74) is 6.98. The molecule has 1 saturated carbocycles. The Morgan fingerprint density at radius 2 is 1.87 bits per heavy atom. The summed E-state index contributed by atoms with van der Waals surface area (Å²) in [6.45, 7) is 1.05. The summed E-state index contributed by atoms with van der Waals surface area (Å²) in [6, 6.07) is 9.80. The lowest BCUT2D eigenvalue weighted by Gasteiger charge is -2.35. The van der Waals surface area contributed by atoms with E-state index in [2.05, 4.69) is 5.32 Å². The number of benzene rings is 1. The highest BCUT2D eigenvalue weighted by molar-refractivity contribution is 7.84. The van der Waals surface area contributed by atoms with E-state index >= 15 is 0 Å². The molecule has 1 fully saturated rings. The number of nitrogens with two attached hydrogens (primary N) is 1. The first-order chi connectivity index (χ1) is 11.1. The summed E-state index contributed by atoms with van der Waals surface area (Å²) in [6.07, 6.45) is 6.21. The van der Waals surface area contributed by atoms with Crippen LogP contribution in [-0.4, -0.2) is 29.0 Å². The van der Waals surface area contributed by atoms with Gasteiger partial charge >= 0.3 is 0 Å². The van der Waals surface area contributed by atoms with Crippen LogP contribution in [0.5, 0.6) is 0 Å². The third-order valence-electron chi connectivity index (χ3n) is 4.71. The minimum atomic E-state index is -0.946. The van der Waals surface area contributed by atoms with Crippen LogP contribution in [0.15, 0.2) is 30.3 Å². The Kier molecular flexibility index (Phi) is 7.24. The maximum Gasteiger partial charge on any atom is 0.220 e. The van der Waals surface area contributed by atoms with Gasteiger partial charge in [-0.05, 0) is 30.4 Å². The molecule has 1 aromatic rings. The Morgan fingerprint density at radius 3 is 2.52 bits per heavy atom. The second-order valence-electron chi connectivity index (χ2n) is 6.57. The molecule has 0 aromatic heterocycles. The molecule has 2 rings (SSSR count). The van der Waals surface area contributed by atoms with Gasteiger partial charge in [-0.2, -0.15) is 0 Å². The van der Waals surface area contributed by atoms with Gasteiger partial charge in [0.2, 0.25) is 5.91 Å². The van der Waals surface area contributed by atoms with Gasteiger partial charge in [0.05, 0.1) is 0 Å². The van der Waals surface area contributed by atoms with Gasteiger partial charge in [-0.1, -0.05) is 49.6 Å². The number of carbonyl (C=O) groups is 1. The summed E-state index contributed by atoms with van der Waals surface area (Å²) in [7, 11) is -0.946. The number of hydrogen-bond acceptors (Lipinski definition) is 3. The minimum Gasteiger partial charge on any atom is -0.355 e. The summed E-state index contributed by atoms with van der Waals surface area (Å²) < 4.78 is 12.0. The molecule has 5 heteroatoms. The number of nitrogens with one attached hydrogen (secondary N) is 1. The fourth-order valence-electron chi connectivity index (χ4n) is 3.29. The van der Waals surface area contributed by atoms with Gasteiger partial charge in [-0.15, -0.1) is 0 Å². The Hall–Kier alpha value is -1.20. The zero-order chi connectivity index (χ0) is 16.5. The van der Waals surface area contributed by atoms with E-state index in [9.17, 15) is 9.00 Å². The molecular formula is C18H28N2O2S. The molecule has 0 saturated heterocycles. The number of rotatable bonds is 8. The molecule has 1 aliphatic rings. The van der Waals surface area contributed by atoms with Crippen molar-refractivity contribution in [3.8, 4) is 0 Å². The fraction of sp³-hybridized carbons (Fsp3) is 0.611. The molecule has 1 aliphatic carbocycles. The van der Waals surface area contributed by atoms with Gasteiger partial charge in [0, 0.05) is 35.3 Å². The number of hydrogen-bond donors (Lipinski definition) is 2. The van der Waals surface area contributed by atoms with Crippen LogP contribution < -0.4 is 11.1 Å². The monoisotopic (exact) mass is 336 g/mol. The van der Waals surface area contributed by atoms with Crippen molar-refractivity contribution in [2.45, 2.75) is 44.3 Å². The molecule has 1 amide bonds. The normalized spacial score (nSPS) is 18.3. The van der Waals surface area contributed by atoms with E-state index in [1.165, 1.54) is 19.3 Å². The number of amides is 1. The van der Waals surface area contributed by atoms with Crippen LogP contribution in [0.1, 0.15) is 44.1 Å². The Bertz CT molecular complexity index is 513. The minimum absolute atomic E-state index is 0.00841. The van der Waals surface area contributed by atoms with E-state index in [1.807, 2.05) is 30.3 Å². The van der Waals surface area contributed by atoms with Crippen molar-refractivity contribution < 1.29 is 9.00 Å². The molecule has 0 heterocycles. The number of carbonyl (C=O) groups excluding carboxylic acids is 1.